The summed E-state index contributed by atoms with van der Waals surface area (Å²) in [5.41, 5.74) is 0. The molecule has 0 aromatic heterocycles. The lowest BCUT2D eigenvalue weighted by Gasteiger charge is -2.42. The summed E-state index contributed by atoms with van der Waals surface area (Å²) < 4.78 is 32.7. The van der Waals surface area contributed by atoms with Gasteiger partial charge in [-0.1, -0.05) is 0 Å². The molecule has 0 amide bonds. The molecule has 0 aromatic carbocycles. The highest BCUT2D eigenvalue weighted by Gasteiger charge is 2.47. The van der Waals surface area contributed by atoms with Crippen LogP contribution in [0.15, 0.2) is 0 Å². The molecule has 11 nitrogen and oxygen atoms in total. The summed E-state index contributed by atoms with van der Waals surface area (Å²) in [6.45, 7) is -2.36. The van der Waals surface area contributed by atoms with Gasteiger partial charge in [0.2, 0.25) is 0 Å². The average Bonchev–Trinajstić information content (AvgIpc) is 2.64. The van der Waals surface area contributed by atoms with Crippen LogP contribution in [-0.4, -0.2) is 124 Å². The second kappa shape index (κ2) is 9.61. The Bertz CT molecular complexity index is 428. The quantitative estimate of drug-likeness (QED) is 0.224. The number of rotatable bonds is 7. The maximum Gasteiger partial charge on any atom is 0.186 e. The summed E-state index contributed by atoms with van der Waals surface area (Å²) in [7, 11) is 0. The lowest BCUT2D eigenvalue weighted by Crippen LogP contribution is -2.61. The lowest BCUT2D eigenvalue weighted by molar-refractivity contribution is -0.331. The minimum Gasteiger partial charge on any atom is -0.394 e. The zero-order chi connectivity index (χ0) is 19.4. The fraction of sp³-hybridized carbons (Fsp3) is 1.00. The van der Waals surface area contributed by atoms with Crippen LogP contribution in [-0.2, 0) is 18.9 Å². The van der Waals surface area contributed by atoms with Gasteiger partial charge in [-0.25, -0.2) is 4.39 Å². The van der Waals surface area contributed by atoms with Crippen LogP contribution in [0.3, 0.4) is 0 Å². The standard InChI is InChI=1S/C14H25FO11/c15-1-2-23-13-11(21)10(20)8(18)6(26-13)4-24-14-12(22)9(19)7(17)5(3-16)25-14/h5-14,16-22H,1-4H2/t5-,6-,7+,8+,9+,10+,11-,12-,13-,14-/m1/s1. The minimum atomic E-state index is -1.66. The van der Waals surface area contributed by atoms with Crippen LogP contribution in [0.25, 0.3) is 0 Å². The average molecular weight is 388 g/mol. The predicted octanol–water partition coefficient (Wildman–Crippen LogP) is -4.40. The van der Waals surface area contributed by atoms with E-state index in [2.05, 4.69) is 0 Å². The van der Waals surface area contributed by atoms with Crippen molar-refractivity contribution in [2.24, 2.45) is 0 Å². The van der Waals surface area contributed by atoms with E-state index < -0.39 is 87.9 Å². The monoisotopic (exact) mass is 388 g/mol. The summed E-state index contributed by atoms with van der Waals surface area (Å²) in [6.07, 6.45) is -15.0. The number of alkyl halides is 1. The molecule has 154 valence electrons. The van der Waals surface area contributed by atoms with Crippen molar-refractivity contribution in [2.45, 2.75) is 61.4 Å². The second-order valence-corrected chi connectivity index (χ2v) is 6.11. The summed E-state index contributed by atoms with van der Waals surface area (Å²) in [4.78, 5) is 0. The molecule has 0 aliphatic carbocycles. The Labute approximate surface area is 148 Å². The van der Waals surface area contributed by atoms with Gasteiger partial charge in [0, 0.05) is 0 Å². The summed E-state index contributed by atoms with van der Waals surface area (Å²) in [5.74, 6) is 0. The topological polar surface area (TPSA) is 179 Å². The zero-order valence-corrected chi connectivity index (χ0v) is 13.7. The van der Waals surface area contributed by atoms with Crippen molar-refractivity contribution in [1.82, 2.24) is 0 Å². The van der Waals surface area contributed by atoms with Gasteiger partial charge >= 0.3 is 0 Å². The first-order chi connectivity index (χ1) is 12.3. The van der Waals surface area contributed by atoms with E-state index in [1.165, 1.54) is 0 Å². The third kappa shape index (κ3) is 4.66. The molecule has 2 aliphatic rings. The normalized spacial score (nSPS) is 47.1. The lowest BCUT2D eigenvalue weighted by atomic mass is 9.98. The van der Waals surface area contributed by atoms with Crippen molar-refractivity contribution in [2.75, 3.05) is 26.5 Å². The highest BCUT2D eigenvalue weighted by atomic mass is 19.1. The molecule has 0 unspecified atom stereocenters. The first-order valence-corrected chi connectivity index (χ1v) is 8.11. The molecular formula is C14H25FO11. The van der Waals surface area contributed by atoms with Crippen LogP contribution < -0.4 is 0 Å². The Morgan fingerprint density at radius 1 is 0.692 bits per heavy atom. The molecule has 0 bridgehead atoms. The van der Waals surface area contributed by atoms with Crippen molar-refractivity contribution < 1.29 is 59.1 Å². The van der Waals surface area contributed by atoms with Crippen molar-refractivity contribution in [1.29, 1.82) is 0 Å². The van der Waals surface area contributed by atoms with E-state index in [0.29, 0.717) is 0 Å². The molecule has 0 saturated carbocycles. The van der Waals surface area contributed by atoms with Gasteiger partial charge in [-0.15, -0.1) is 0 Å². The fourth-order valence-corrected chi connectivity index (χ4v) is 2.75. The molecule has 2 rings (SSSR count). The van der Waals surface area contributed by atoms with Crippen LogP contribution in [0.4, 0.5) is 4.39 Å². The molecule has 0 aromatic rings. The molecule has 2 aliphatic heterocycles. The van der Waals surface area contributed by atoms with Crippen molar-refractivity contribution >= 4 is 0 Å². The van der Waals surface area contributed by atoms with E-state index in [1.807, 2.05) is 0 Å². The van der Waals surface area contributed by atoms with Crippen molar-refractivity contribution in [3.63, 3.8) is 0 Å². The van der Waals surface area contributed by atoms with Gasteiger partial charge < -0.3 is 54.7 Å². The van der Waals surface area contributed by atoms with Gasteiger partial charge in [-0.2, -0.15) is 0 Å². The molecule has 12 heteroatoms. The van der Waals surface area contributed by atoms with Crippen LogP contribution in [0, 0.1) is 0 Å². The molecule has 2 heterocycles. The van der Waals surface area contributed by atoms with E-state index in [1.54, 1.807) is 0 Å². The van der Waals surface area contributed by atoms with Gasteiger partial charge in [-0.05, 0) is 0 Å². The van der Waals surface area contributed by atoms with Gasteiger partial charge in [0.1, 0.15) is 55.5 Å². The first-order valence-electron chi connectivity index (χ1n) is 8.11. The van der Waals surface area contributed by atoms with Crippen molar-refractivity contribution in [3.05, 3.63) is 0 Å². The number of hydrogen-bond donors (Lipinski definition) is 7. The highest BCUT2D eigenvalue weighted by Crippen LogP contribution is 2.25. The maximum atomic E-state index is 12.2. The van der Waals surface area contributed by atoms with Gasteiger partial charge in [0.05, 0.1) is 19.8 Å². The number of hydrogen-bond acceptors (Lipinski definition) is 11. The van der Waals surface area contributed by atoms with E-state index in [0.717, 1.165) is 0 Å². The zero-order valence-electron chi connectivity index (χ0n) is 13.7. The van der Waals surface area contributed by atoms with E-state index in [-0.39, 0.29) is 0 Å². The largest absolute Gasteiger partial charge is 0.394 e. The Hall–Kier alpha value is -0.510. The molecule has 10 atom stereocenters. The number of ether oxygens (including phenoxy) is 4. The Morgan fingerprint density at radius 2 is 1.19 bits per heavy atom. The van der Waals surface area contributed by atoms with Gasteiger partial charge in [0.15, 0.2) is 12.6 Å². The van der Waals surface area contributed by atoms with E-state index in [4.69, 9.17) is 24.1 Å². The Morgan fingerprint density at radius 3 is 1.73 bits per heavy atom. The Kier molecular flexibility index (Phi) is 8.06. The highest BCUT2D eigenvalue weighted by molar-refractivity contribution is 4.91. The van der Waals surface area contributed by atoms with Crippen LogP contribution in [0.1, 0.15) is 0 Å². The molecule has 7 N–H and O–H groups in total. The number of halogens is 1. The third-order valence-electron chi connectivity index (χ3n) is 4.30. The maximum absolute atomic E-state index is 12.2. The third-order valence-corrected chi connectivity index (χ3v) is 4.30. The summed E-state index contributed by atoms with van der Waals surface area (Å²) in [5, 5.41) is 67.9. The van der Waals surface area contributed by atoms with Crippen LogP contribution >= 0.6 is 0 Å². The molecular weight excluding hydrogens is 363 g/mol. The van der Waals surface area contributed by atoms with E-state index in [9.17, 15) is 35.0 Å². The van der Waals surface area contributed by atoms with Crippen LogP contribution in [0.2, 0.25) is 0 Å². The molecule has 26 heavy (non-hydrogen) atoms. The summed E-state index contributed by atoms with van der Waals surface area (Å²) >= 11 is 0. The predicted molar refractivity (Wildman–Crippen MR) is 78.3 cm³/mol. The van der Waals surface area contributed by atoms with Crippen molar-refractivity contribution in [3.8, 4) is 0 Å². The first kappa shape index (κ1) is 21.8. The molecule has 2 fully saturated rings. The van der Waals surface area contributed by atoms with Gasteiger partial charge in [0.25, 0.3) is 0 Å². The van der Waals surface area contributed by atoms with Crippen LogP contribution in [0.5, 0.6) is 0 Å². The summed E-state index contributed by atoms with van der Waals surface area (Å²) in [6, 6.07) is 0. The fourth-order valence-electron chi connectivity index (χ4n) is 2.75. The van der Waals surface area contributed by atoms with E-state index >= 15 is 0 Å². The number of aliphatic hydroxyl groups excluding tert-OH is 7. The second-order valence-electron chi connectivity index (χ2n) is 6.11. The molecule has 0 radical (unpaired) electrons. The van der Waals surface area contributed by atoms with Gasteiger partial charge in [-0.3, -0.25) is 0 Å². The molecule has 0 spiro atoms. The minimum absolute atomic E-state index is 0.398. The smallest absolute Gasteiger partial charge is 0.186 e. The SMILES string of the molecule is OC[C@H]1O[C@@H](OC[C@H]2O[C@@H](OCCF)[C@H](O)[C@@H](O)[C@H]2O)[C@H](O)[C@@H](O)[C@H]1O. The Balaban J connectivity index is 1.96. The molecule has 2 saturated heterocycles. The number of aliphatic hydroxyl groups is 7.